The number of carbonyl (C=O) groups excluding carboxylic acids is 2. The molecule has 1 atom stereocenters. The van der Waals surface area contributed by atoms with Gasteiger partial charge in [0.05, 0.1) is 12.2 Å². The van der Waals surface area contributed by atoms with Gasteiger partial charge in [0.2, 0.25) is 0 Å². The van der Waals surface area contributed by atoms with Crippen LogP contribution in [0.3, 0.4) is 0 Å². The highest BCUT2D eigenvalue weighted by Crippen LogP contribution is 2.25. The first-order valence-corrected chi connectivity index (χ1v) is 6.38. The molecule has 0 aliphatic carbocycles. The van der Waals surface area contributed by atoms with Crippen LogP contribution < -0.4 is 5.32 Å². The molecule has 6 heteroatoms. The molecule has 0 aromatic carbocycles. The first kappa shape index (κ1) is 17.8. The second-order valence-corrected chi connectivity index (χ2v) is 5.57. The number of rotatable bonds is 8. The molecule has 112 valence electrons. The van der Waals surface area contributed by atoms with E-state index in [0.29, 0.717) is 19.4 Å². The zero-order valence-corrected chi connectivity index (χ0v) is 12.3. The Morgan fingerprint density at radius 1 is 1.26 bits per heavy atom. The molecular weight excluding hydrogens is 253 g/mol. The van der Waals surface area contributed by atoms with Gasteiger partial charge in [0.25, 0.3) is 0 Å². The van der Waals surface area contributed by atoms with Crippen molar-refractivity contribution in [1.29, 1.82) is 0 Å². The quantitative estimate of drug-likeness (QED) is 0.741. The number of amides is 1. The highest BCUT2D eigenvalue weighted by Gasteiger charge is 2.30. The van der Waals surface area contributed by atoms with E-state index in [-0.39, 0.29) is 12.3 Å². The van der Waals surface area contributed by atoms with E-state index in [1.165, 1.54) is 6.92 Å². The minimum absolute atomic E-state index is 0.0603. The van der Waals surface area contributed by atoms with Gasteiger partial charge in [-0.1, -0.05) is 20.8 Å². The number of ether oxygens (including phenoxy) is 1. The fourth-order valence-corrected chi connectivity index (χ4v) is 1.26. The Labute approximate surface area is 113 Å². The van der Waals surface area contributed by atoms with Crippen LogP contribution in [0.5, 0.6) is 0 Å². The van der Waals surface area contributed by atoms with Crippen LogP contribution in [-0.2, 0) is 14.5 Å². The van der Waals surface area contributed by atoms with Crippen LogP contribution >= 0.6 is 0 Å². The Kier molecular flexibility index (Phi) is 6.97. The normalized spacial score (nSPS) is 14.6. The largest absolute Gasteiger partial charge is 0.444 e. The van der Waals surface area contributed by atoms with Gasteiger partial charge in [-0.2, -0.15) is 0 Å². The molecule has 0 bridgehead atoms. The number of nitrogens with one attached hydrogen (secondary N) is 1. The SMILES string of the molecule is CCC(C)(CCNC(=O)OF)OCC(C)(C)C(C)=O. The van der Waals surface area contributed by atoms with Gasteiger partial charge in [-0.05, 0) is 26.7 Å². The summed E-state index contributed by atoms with van der Waals surface area (Å²) < 4.78 is 17.3. The summed E-state index contributed by atoms with van der Waals surface area (Å²) in [5.41, 5.74) is -1.02. The van der Waals surface area contributed by atoms with Gasteiger partial charge in [0.15, 0.2) is 0 Å². The molecule has 0 aromatic heterocycles. The monoisotopic (exact) mass is 277 g/mol. The fraction of sp³-hybridized carbons (Fsp3) is 0.846. The summed E-state index contributed by atoms with van der Waals surface area (Å²) >= 11 is 0. The molecule has 0 aromatic rings. The number of halogens is 1. The number of ketones is 1. The summed E-state index contributed by atoms with van der Waals surface area (Å²) in [5.74, 6) is 0.0603. The zero-order chi connectivity index (χ0) is 15.1. The third kappa shape index (κ3) is 6.52. The Hall–Kier alpha value is -1.17. The maximum absolute atomic E-state index is 11.5. The van der Waals surface area contributed by atoms with E-state index in [9.17, 15) is 14.1 Å². The van der Waals surface area contributed by atoms with Gasteiger partial charge in [0.1, 0.15) is 5.78 Å². The smallest absolute Gasteiger partial charge is 0.374 e. The Bertz CT molecular complexity index is 320. The molecule has 5 nitrogen and oxygen atoms in total. The van der Waals surface area contributed by atoms with E-state index in [4.69, 9.17) is 4.74 Å². The average Bonchev–Trinajstić information content (AvgIpc) is 2.36. The lowest BCUT2D eigenvalue weighted by molar-refractivity contribution is -0.133. The van der Waals surface area contributed by atoms with Crippen LogP contribution in [0.1, 0.15) is 47.5 Å². The molecule has 19 heavy (non-hydrogen) atoms. The lowest BCUT2D eigenvalue weighted by atomic mass is 9.89. The number of hydrogen-bond donors (Lipinski definition) is 1. The Morgan fingerprint density at radius 2 is 1.84 bits per heavy atom. The van der Waals surface area contributed by atoms with Gasteiger partial charge in [-0.15, -0.1) is 0 Å². The van der Waals surface area contributed by atoms with Crippen molar-refractivity contribution in [1.82, 2.24) is 5.32 Å². The van der Waals surface area contributed by atoms with Crippen LogP contribution in [0.4, 0.5) is 9.32 Å². The van der Waals surface area contributed by atoms with E-state index in [1.807, 2.05) is 27.7 Å². The predicted octanol–water partition coefficient (Wildman–Crippen LogP) is 2.79. The highest BCUT2D eigenvalue weighted by atomic mass is 19.3. The summed E-state index contributed by atoms with van der Waals surface area (Å²) in [4.78, 5) is 25.0. The molecule has 0 heterocycles. The van der Waals surface area contributed by atoms with Gasteiger partial charge in [-0.25, -0.2) is 9.74 Å². The summed E-state index contributed by atoms with van der Waals surface area (Å²) in [5, 5.41) is 2.26. The predicted molar refractivity (Wildman–Crippen MR) is 69.3 cm³/mol. The van der Waals surface area contributed by atoms with Crippen molar-refractivity contribution in [3.63, 3.8) is 0 Å². The molecule has 1 unspecified atom stereocenters. The molecule has 0 fully saturated rings. The third-order valence-corrected chi connectivity index (χ3v) is 3.48. The van der Waals surface area contributed by atoms with Crippen LogP contribution in [0.2, 0.25) is 0 Å². The Morgan fingerprint density at radius 3 is 2.26 bits per heavy atom. The van der Waals surface area contributed by atoms with Crippen molar-refractivity contribution in [3.8, 4) is 0 Å². The Balaban J connectivity index is 4.30. The summed E-state index contributed by atoms with van der Waals surface area (Å²) in [7, 11) is 0. The topological polar surface area (TPSA) is 64.6 Å². The molecule has 1 amide bonds. The molecule has 0 radical (unpaired) electrons. The molecule has 0 aliphatic heterocycles. The molecule has 0 rings (SSSR count). The molecule has 1 N–H and O–H groups in total. The summed E-state index contributed by atoms with van der Waals surface area (Å²) in [6.45, 7) is 9.58. The third-order valence-electron chi connectivity index (χ3n) is 3.48. The van der Waals surface area contributed by atoms with E-state index in [0.717, 1.165) is 0 Å². The first-order chi connectivity index (χ1) is 8.67. The lowest BCUT2D eigenvalue weighted by Gasteiger charge is -2.33. The number of hydrogen-bond acceptors (Lipinski definition) is 4. The molecule has 0 saturated carbocycles. The number of carbonyl (C=O) groups is 2. The molecule has 0 saturated heterocycles. The lowest BCUT2D eigenvalue weighted by Crippen LogP contribution is -2.38. The van der Waals surface area contributed by atoms with Gasteiger partial charge in [-0.3, -0.25) is 4.79 Å². The van der Waals surface area contributed by atoms with Gasteiger partial charge >= 0.3 is 6.09 Å². The van der Waals surface area contributed by atoms with Crippen LogP contribution in [0.15, 0.2) is 0 Å². The van der Waals surface area contributed by atoms with Crippen molar-refractivity contribution < 1.29 is 23.8 Å². The second-order valence-electron chi connectivity index (χ2n) is 5.57. The highest BCUT2D eigenvalue weighted by molar-refractivity contribution is 5.81. The minimum atomic E-state index is -1.11. The average molecular weight is 277 g/mol. The maximum atomic E-state index is 11.5. The van der Waals surface area contributed by atoms with Crippen molar-refractivity contribution in [3.05, 3.63) is 0 Å². The first-order valence-electron chi connectivity index (χ1n) is 6.38. The van der Waals surface area contributed by atoms with Crippen LogP contribution in [-0.4, -0.2) is 30.6 Å². The minimum Gasteiger partial charge on any atom is -0.374 e. The maximum Gasteiger partial charge on any atom is 0.444 e. The van der Waals surface area contributed by atoms with Gasteiger partial charge < -0.3 is 10.1 Å². The summed E-state index contributed by atoms with van der Waals surface area (Å²) in [6, 6.07) is 0. The standard InChI is InChI=1S/C13H24FNO4/c1-6-13(5,7-8-15-11(17)19-14)18-9-12(3,4)10(2)16/h6-9H2,1-5H3,(H,15,17). The summed E-state index contributed by atoms with van der Waals surface area (Å²) in [6.07, 6.45) is 0.113. The van der Waals surface area contributed by atoms with Crippen molar-refractivity contribution in [2.75, 3.05) is 13.2 Å². The zero-order valence-electron chi connectivity index (χ0n) is 12.3. The number of Topliss-reactive ketones (excluding diaryl/α,β-unsaturated/α-hetero) is 1. The second kappa shape index (κ2) is 7.43. The van der Waals surface area contributed by atoms with E-state index >= 15 is 0 Å². The molecular formula is C13H24FNO4. The van der Waals surface area contributed by atoms with Crippen molar-refractivity contribution in [2.45, 2.75) is 53.1 Å². The fourth-order valence-electron chi connectivity index (χ4n) is 1.26. The molecule has 0 aliphatic rings. The van der Waals surface area contributed by atoms with Gasteiger partial charge in [0, 0.05) is 16.5 Å². The molecule has 0 spiro atoms. The van der Waals surface area contributed by atoms with E-state index < -0.39 is 17.1 Å². The van der Waals surface area contributed by atoms with Crippen molar-refractivity contribution >= 4 is 11.9 Å². The van der Waals surface area contributed by atoms with E-state index in [1.54, 1.807) is 0 Å². The van der Waals surface area contributed by atoms with Crippen LogP contribution in [0.25, 0.3) is 0 Å². The van der Waals surface area contributed by atoms with Crippen LogP contribution in [0, 0.1) is 5.41 Å². The van der Waals surface area contributed by atoms with E-state index in [2.05, 4.69) is 10.3 Å². The van der Waals surface area contributed by atoms with Crippen molar-refractivity contribution in [2.24, 2.45) is 5.41 Å².